The zero-order valence-electron chi connectivity index (χ0n) is 25.0. The van der Waals surface area contributed by atoms with Crippen molar-refractivity contribution in [2.45, 2.75) is 82.6 Å². The highest BCUT2D eigenvalue weighted by molar-refractivity contribution is 7.92. The molecular weight excluding hydrogens is 562 g/mol. The highest BCUT2D eigenvalue weighted by atomic mass is 35.5. The lowest BCUT2D eigenvalue weighted by Crippen LogP contribution is -2.29. The molecule has 0 unspecified atom stereocenters. The number of anilines is 4. The number of nitrogens with one attached hydrogen (secondary N) is 2. The number of aromatic nitrogens is 4. The van der Waals surface area contributed by atoms with Crippen molar-refractivity contribution in [2.24, 2.45) is 7.05 Å². The van der Waals surface area contributed by atoms with Crippen LogP contribution in [-0.4, -0.2) is 64.6 Å². The van der Waals surface area contributed by atoms with Crippen LogP contribution in [0.3, 0.4) is 0 Å². The molecule has 2 N–H and O–H groups in total. The van der Waals surface area contributed by atoms with E-state index in [4.69, 9.17) is 16.3 Å². The van der Waals surface area contributed by atoms with Crippen LogP contribution in [0.25, 0.3) is 0 Å². The minimum absolute atomic E-state index is 0.0202. The number of aryl methyl sites for hydroxylation is 2. The number of sulfone groups is 1. The minimum atomic E-state index is -3.64. The van der Waals surface area contributed by atoms with Crippen molar-refractivity contribution in [1.82, 2.24) is 24.6 Å². The van der Waals surface area contributed by atoms with Crippen molar-refractivity contribution in [2.75, 3.05) is 30.8 Å². The van der Waals surface area contributed by atoms with E-state index in [0.717, 1.165) is 50.2 Å². The Bertz CT molecular complexity index is 1470. The maximum absolute atomic E-state index is 12.9. The Kier molecular flexibility index (Phi) is 9.81. The number of likely N-dealkylation sites (tertiary alicyclic amines) is 1. The number of benzene rings is 1. The Hall–Kier alpha value is -2.89. The predicted molar refractivity (Wildman–Crippen MR) is 165 cm³/mol. The van der Waals surface area contributed by atoms with Gasteiger partial charge in [-0.25, -0.2) is 13.4 Å². The zero-order valence-corrected chi connectivity index (χ0v) is 26.6. The fraction of sp³-hybridized carbons (Fsp3) is 0.552. The normalized spacial score (nSPS) is 15.1. The second-order valence-electron chi connectivity index (χ2n) is 11.3. The first-order chi connectivity index (χ1) is 19.4. The van der Waals surface area contributed by atoms with Gasteiger partial charge < -0.3 is 20.3 Å². The molecule has 1 aromatic carbocycles. The topological polar surface area (TPSA) is 114 Å². The van der Waals surface area contributed by atoms with Gasteiger partial charge >= 0.3 is 0 Å². The third-order valence-corrected chi connectivity index (χ3v) is 9.57. The molecule has 1 aliphatic heterocycles. The minimum Gasteiger partial charge on any atom is -0.489 e. The van der Waals surface area contributed by atoms with Gasteiger partial charge in [-0.3, -0.25) is 4.68 Å². The lowest BCUT2D eigenvalue weighted by atomic mass is 9.85. The van der Waals surface area contributed by atoms with Crippen LogP contribution in [0.1, 0.15) is 70.9 Å². The molecular formula is C29H42ClN7O3S. The van der Waals surface area contributed by atoms with Crippen molar-refractivity contribution < 1.29 is 13.2 Å². The summed E-state index contributed by atoms with van der Waals surface area (Å²) in [6.45, 7) is 11.6. The number of rotatable bonds is 11. The fourth-order valence-electron chi connectivity index (χ4n) is 5.03. The summed E-state index contributed by atoms with van der Waals surface area (Å²) in [6.07, 6.45) is 7.29. The molecule has 0 atom stereocenters. The molecule has 12 heteroatoms. The molecule has 0 amide bonds. The van der Waals surface area contributed by atoms with Crippen LogP contribution in [0, 0.1) is 0 Å². The van der Waals surface area contributed by atoms with Gasteiger partial charge in [0.05, 0.1) is 28.9 Å². The molecule has 1 saturated heterocycles. The van der Waals surface area contributed by atoms with Crippen LogP contribution in [0.5, 0.6) is 5.75 Å². The first-order valence-corrected chi connectivity index (χ1v) is 16.2. The Morgan fingerprint density at radius 3 is 2.44 bits per heavy atom. The molecule has 0 saturated carbocycles. The van der Waals surface area contributed by atoms with Crippen LogP contribution in [-0.2, 0) is 23.3 Å². The van der Waals surface area contributed by atoms with E-state index in [1.165, 1.54) is 22.0 Å². The van der Waals surface area contributed by atoms with E-state index in [1.807, 2.05) is 13.8 Å². The van der Waals surface area contributed by atoms with E-state index in [0.29, 0.717) is 17.6 Å². The van der Waals surface area contributed by atoms with Crippen molar-refractivity contribution in [1.29, 1.82) is 0 Å². The largest absolute Gasteiger partial charge is 0.489 e. The first-order valence-electron chi connectivity index (χ1n) is 14.2. The van der Waals surface area contributed by atoms with Gasteiger partial charge in [-0.15, -0.1) is 0 Å². The van der Waals surface area contributed by atoms with Gasteiger partial charge in [-0.05, 0) is 96.3 Å². The molecule has 4 rings (SSSR count). The smallest absolute Gasteiger partial charge is 0.229 e. The van der Waals surface area contributed by atoms with E-state index in [2.05, 4.69) is 56.7 Å². The van der Waals surface area contributed by atoms with Crippen molar-refractivity contribution in [3.8, 4) is 5.75 Å². The lowest BCUT2D eigenvalue weighted by molar-refractivity contribution is 0.241. The van der Waals surface area contributed by atoms with Gasteiger partial charge in [-0.1, -0.05) is 24.9 Å². The second kappa shape index (κ2) is 13.0. The van der Waals surface area contributed by atoms with Gasteiger partial charge in [0.25, 0.3) is 0 Å². The van der Waals surface area contributed by atoms with Gasteiger partial charge in [0.2, 0.25) is 20.8 Å². The summed E-state index contributed by atoms with van der Waals surface area (Å²) in [5.41, 5.74) is 3.73. The first kappa shape index (κ1) is 31.1. The Morgan fingerprint density at radius 2 is 1.80 bits per heavy atom. The third kappa shape index (κ3) is 7.31. The van der Waals surface area contributed by atoms with Crippen LogP contribution in [0.4, 0.5) is 23.1 Å². The standard InChI is InChI=1S/C29H42ClN7O3S/c1-8-9-21-14-24(26(40-18(2)3)15-22(21)20-10-12-36(6)13-11-20)33-29-31-16-23(30)27(34-29)32-25-17-37(7)35-28(25)41(38,39)19(4)5/h14-20H,8-13H2,1-7H3,(H2,31,32,33,34). The SMILES string of the molecule is CCCc1cc(Nc2ncc(Cl)c(Nc3cn(C)nc3S(=O)(=O)C(C)C)n2)c(OC(C)C)cc1C1CCN(C)CC1. The molecule has 224 valence electrons. The van der Waals surface area contributed by atoms with Crippen molar-refractivity contribution >= 4 is 44.6 Å². The van der Waals surface area contributed by atoms with E-state index >= 15 is 0 Å². The van der Waals surface area contributed by atoms with Gasteiger partial charge in [-0.2, -0.15) is 10.1 Å². The molecule has 1 aliphatic rings. The monoisotopic (exact) mass is 603 g/mol. The van der Waals surface area contributed by atoms with Crippen LogP contribution >= 0.6 is 11.6 Å². The van der Waals surface area contributed by atoms with Crippen LogP contribution in [0.15, 0.2) is 29.6 Å². The van der Waals surface area contributed by atoms with E-state index < -0.39 is 15.1 Å². The van der Waals surface area contributed by atoms with E-state index in [1.54, 1.807) is 27.1 Å². The number of piperidine rings is 1. The second-order valence-corrected chi connectivity index (χ2v) is 14.1. The molecule has 0 spiro atoms. The molecule has 1 fully saturated rings. The van der Waals surface area contributed by atoms with Crippen LogP contribution < -0.4 is 15.4 Å². The highest BCUT2D eigenvalue weighted by Crippen LogP contribution is 2.39. The summed E-state index contributed by atoms with van der Waals surface area (Å²) in [6, 6.07) is 4.35. The molecule has 10 nitrogen and oxygen atoms in total. The average molecular weight is 604 g/mol. The molecule has 0 aliphatic carbocycles. The predicted octanol–water partition coefficient (Wildman–Crippen LogP) is 6.08. The number of halogens is 1. The maximum atomic E-state index is 12.9. The summed E-state index contributed by atoms with van der Waals surface area (Å²) in [5.74, 6) is 1.81. The Balaban J connectivity index is 1.69. The summed E-state index contributed by atoms with van der Waals surface area (Å²) in [7, 11) is 0.205. The molecule has 3 heterocycles. The Morgan fingerprint density at radius 1 is 1.10 bits per heavy atom. The molecule has 3 aromatic rings. The number of hydrogen-bond acceptors (Lipinski definition) is 9. The van der Waals surface area contributed by atoms with Gasteiger partial charge in [0.1, 0.15) is 10.8 Å². The number of ether oxygens (including phenoxy) is 1. The van der Waals surface area contributed by atoms with Gasteiger partial charge in [0, 0.05) is 13.2 Å². The van der Waals surface area contributed by atoms with E-state index in [-0.39, 0.29) is 22.0 Å². The molecule has 2 aromatic heterocycles. The van der Waals surface area contributed by atoms with Crippen molar-refractivity contribution in [3.63, 3.8) is 0 Å². The average Bonchev–Trinajstić information content (AvgIpc) is 3.28. The zero-order chi connectivity index (χ0) is 29.9. The maximum Gasteiger partial charge on any atom is 0.229 e. The summed E-state index contributed by atoms with van der Waals surface area (Å²) in [4.78, 5) is 11.4. The molecule has 0 radical (unpaired) electrons. The fourth-order valence-corrected chi connectivity index (χ4v) is 6.26. The highest BCUT2D eigenvalue weighted by Gasteiger charge is 2.27. The quantitative estimate of drug-likeness (QED) is 0.269. The number of nitrogens with zero attached hydrogens (tertiary/aromatic N) is 5. The van der Waals surface area contributed by atoms with Crippen molar-refractivity contribution in [3.05, 3.63) is 40.7 Å². The Labute approximate surface area is 248 Å². The van der Waals surface area contributed by atoms with Gasteiger partial charge in [0.15, 0.2) is 5.82 Å². The summed E-state index contributed by atoms with van der Waals surface area (Å²) in [5, 5.41) is 10.1. The van der Waals surface area contributed by atoms with E-state index in [9.17, 15) is 8.42 Å². The summed E-state index contributed by atoms with van der Waals surface area (Å²) < 4.78 is 33.5. The molecule has 41 heavy (non-hydrogen) atoms. The summed E-state index contributed by atoms with van der Waals surface area (Å²) >= 11 is 6.45. The van der Waals surface area contributed by atoms with Crippen LogP contribution in [0.2, 0.25) is 5.02 Å². The lowest BCUT2D eigenvalue weighted by Gasteiger charge is -2.31. The number of hydrogen-bond donors (Lipinski definition) is 2. The molecule has 0 bridgehead atoms. The third-order valence-electron chi connectivity index (χ3n) is 7.21.